The van der Waals surface area contributed by atoms with E-state index in [1.807, 2.05) is 0 Å². The fourth-order valence-electron chi connectivity index (χ4n) is 3.31. The highest BCUT2D eigenvalue weighted by Crippen LogP contribution is 2.37. The van der Waals surface area contributed by atoms with Gasteiger partial charge < -0.3 is 14.6 Å². The molecule has 0 saturated carbocycles. The molecule has 0 aliphatic carbocycles. The monoisotopic (exact) mass is 437 g/mol. The van der Waals surface area contributed by atoms with Gasteiger partial charge in [-0.2, -0.15) is 4.31 Å². The number of aromatic hydroxyl groups is 1. The normalized spacial score (nSPS) is 15.7. The topological polar surface area (TPSA) is 122 Å². The SMILES string of the molecule is COc1cc(CN2CCN(S(=O)(=O)c3ccc([N+](=O)[O-])cc3)CC2)cc(OC)c1O. The second-order valence-corrected chi connectivity index (χ2v) is 8.72. The van der Waals surface area contributed by atoms with Crippen LogP contribution >= 0.6 is 0 Å². The average molecular weight is 437 g/mol. The highest BCUT2D eigenvalue weighted by molar-refractivity contribution is 7.89. The summed E-state index contributed by atoms with van der Waals surface area (Å²) in [7, 11) is -0.800. The third kappa shape index (κ3) is 4.48. The highest BCUT2D eigenvalue weighted by Gasteiger charge is 2.29. The number of ether oxygens (including phenoxy) is 2. The Bertz CT molecular complexity index is 992. The van der Waals surface area contributed by atoms with Gasteiger partial charge in [0, 0.05) is 44.9 Å². The molecule has 0 amide bonds. The van der Waals surface area contributed by atoms with Gasteiger partial charge in [-0.25, -0.2) is 8.42 Å². The minimum absolute atomic E-state index is 0.0366. The Morgan fingerprint density at radius 3 is 2.03 bits per heavy atom. The number of rotatable bonds is 7. The van der Waals surface area contributed by atoms with Gasteiger partial charge in [0.25, 0.3) is 5.69 Å². The van der Waals surface area contributed by atoms with Crippen molar-refractivity contribution in [3.8, 4) is 17.2 Å². The fourth-order valence-corrected chi connectivity index (χ4v) is 4.74. The number of phenols is 1. The molecule has 1 aliphatic heterocycles. The van der Waals surface area contributed by atoms with Gasteiger partial charge in [0.05, 0.1) is 24.0 Å². The minimum Gasteiger partial charge on any atom is -0.502 e. The molecule has 0 spiro atoms. The summed E-state index contributed by atoms with van der Waals surface area (Å²) in [6.45, 7) is 2.16. The van der Waals surface area contributed by atoms with E-state index in [0.717, 1.165) is 5.56 Å². The summed E-state index contributed by atoms with van der Waals surface area (Å²) in [6.07, 6.45) is 0. The fraction of sp³-hybridized carbons (Fsp3) is 0.368. The summed E-state index contributed by atoms with van der Waals surface area (Å²) < 4.78 is 37.4. The van der Waals surface area contributed by atoms with Crippen molar-refractivity contribution in [2.24, 2.45) is 0 Å². The average Bonchev–Trinajstić information content (AvgIpc) is 2.75. The third-order valence-electron chi connectivity index (χ3n) is 4.96. The number of nitrogens with zero attached hydrogens (tertiary/aromatic N) is 3. The summed E-state index contributed by atoms with van der Waals surface area (Å²) in [5, 5.41) is 20.8. The number of hydrogen-bond acceptors (Lipinski definition) is 8. The van der Waals surface area contributed by atoms with Crippen LogP contribution in [0, 0.1) is 10.1 Å². The maximum absolute atomic E-state index is 12.8. The van der Waals surface area contributed by atoms with Crippen LogP contribution < -0.4 is 9.47 Å². The Labute approximate surface area is 174 Å². The zero-order chi connectivity index (χ0) is 21.9. The van der Waals surface area contributed by atoms with Crippen LogP contribution in [0.4, 0.5) is 5.69 Å². The molecule has 0 radical (unpaired) electrons. The Morgan fingerprint density at radius 1 is 1.03 bits per heavy atom. The minimum atomic E-state index is -3.72. The first-order valence-electron chi connectivity index (χ1n) is 9.17. The van der Waals surface area contributed by atoms with Crippen molar-refractivity contribution in [1.82, 2.24) is 9.21 Å². The smallest absolute Gasteiger partial charge is 0.269 e. The van der Waals surface area contributed by atoms with Crippen LogP contribution in [0.3, 0.4) is 0 Å². The van der Waals surface area contributed by atoms with Crippen molar-refractivity contribution in [1.29, 1.82) is 0 Å². The van der Waals surface area contributed by atoms with Crippen molar-refractivity contribution >= 4 is 15.7 Å². The van der Waals surface area contributed by atoms with Crippen molar-refractivity contribution in [3.05, 3.63) is 52.1 Å². The molecule has 162 valence electrons. The lowest BCUT2D eigenvalue weighted by Gasteiger charge is -2.34. The zero-order valence-corrected chi connectivity index (χ0v) is 17.5. The van der Waals surface area contributed by atoms with E-state index in [9.17, 15) is 23.6 Å². The molecule has 1 saturated heterocycles. The number of nitro benzene ring substituents is 1. The first-order chi connectivity index (χ1) is 14.3. The second-order valence-electron chi connectivity index (χ2n) is 6.78. The highest BCUT2D eigenvalue weighted by atomic mass is 32.2. The number of benzene rings is 2. The van der Waals surface area contributed by atoms with Crippen molar-refractivity contribution in [2.45, 2.75) is 11.4 Å². The summed E-state index contributed by atoms with van der Waals surface area (Å²) in [5.41, 5.74) is 0.715. The molecule has 11 heteroatoms. The molecule has 0 bridgehead atoms. The number of sulfonamides is 1. The van der Waals surface area contributed by atoms with Crippen LogP contribution in [0.5, 0.6) is 17.2 Å². The van der Waals surface area contributed by atoms with Gasteiger partial charge in [-0.1, -0.05) is 0 Å². The van der Waals surface area contributed by atoms with Gasteiger partial charge >= 0.3 is 0 Å². The molecule has 2 aromatic rings. The van der Waals surface area contributed by atoms with Crippen LogP contribution in [0.25, 0.3) is 0 Å². The maximum Gasteiger partial charge on any atom is 0.269 e. The van der Waals surface area contributed by atoms with Crippen LogP contribution in [0.2, 0.25) is 0 Å². The number of phenolic OH excluding ortho intramolecular Hbond substituents is 1. The number of methoxy groups -OCH3 is 2. The molecular weight excluding hydrogens is 414 g/mol. The molecule has 1 aliphatic rings. The van der Waals surface area contributed by atoms with Gasteiger partial charge in [0.2, 0.25) is 15.8 Å². The summed E-state index contributed by atoms with van der Waals surface area (Å²) in [6, 6.07) is 8.34. The lowest BCUT2D eigenvalue weighted by molar-refractivity contribution is -0.384. The number of non-ortho nitro benzene ring substituents is 1. The van der Waals surface area contributed by atoms with E-state index in [-0.39, 0.29) is 16.3 Å². The van der Waals surface area contributed by atoms with E-state index in [0.29, 0.717) is 44.2 Å². The number of nitro groups is 1. The molecule has 10 nitrogen and oxygen atoms in total. The molecular formula is C19H23N3O7S. The van der Waals surface area contributed by atoms with E-state index >= 15 is 0 Å². The summed E-state index contributed by atoms with van der Waals surface area (Å²) in [5.74, 6) is 0.551. The Morgan fingerprint density at radius 2 is 1.57 bits per heavy atom. The quantitative estimate of drug-likeness (QED) is 0.514. The van der Waals surface area contributed by atoms with Gasteiger partial charge in [0.1, 0.15) is 0 Å². The van der Waals surface area contributed by atoms with Crippen LogP contribution in [-0.2, 0) is 16.6 Å². The summed E-state index contributed by atoms with van der Waals surface area (Å²) >= 11 is 0. The van der Waals surface area contributed by atoms with Crippen LogP contribution in [0.15, 0.2) is 41.3 Å². The predicted molar refractivity (Wildman–Crippen MR) is 108 cm³/mol. The second kappa shape index (κ2) is 8.86. The number of hydrogen-bond donors (Lipinski definition) is 1. The molecule has 0 atom stereocenters. The van der Waals surface area contributed by atoms with E-state index in [1.165, 1.54) is 42.8 Å². The van der Waals surface area contributed by atoms with Gasteiger partial charge in [-0.05, 0) is 29.8 Å². The van der Waals surface area contributed by atoms with Crippen molar-refractivity contribution in [2.75, 3.05) is 40.4 Å². The maximum atomic E-state index is 12.8. The van der Waals surface area contributed by atoms with E-state index in [4.69, 9.17) is 9.47 Å². The molecule has 0 unspecified atom stereocenters. The molecule has 0 aromatic heterocycles. The Hall–Kier alpha value is -2.89. The first kappa shape index (κ1) is 21.8. The lowest BCUT2D eigenvalue weighted by Crippen LogP contribution is -2.48. The zero-order valence-electron chi connectivity index (χ0n) is 16.6. The molecule has 3 rings (SSSR count). The van der Waals surface area contributed by atoms with E-state index in [2.05, 4.69) is 4.90 Å². The predicted octanol–water partition coefficient (Wildman–Crippen LogP) is 1.82. The van der Waals surface area contributed by atoms with Crippen molar-refractivity contribution in [3.63, 3.8) is 0 Å². The Kier molecular flexibility index (Phi) is 6.44. The third-order valence-corrected chi connectivity index (χ3v) is 6.88. The van der Waals surface area contributed by atoms with Gasteiger partial charge in [0.15, 0.2) is 11.5 Å². The van der Waals surface area contributed by atoms with Crippen LogP contribution in [-0.4, -0.2) is 68.1 Å². The van der Waals surface area contributed by atoms with Gasteiger partial charge in [-0.3, -0.25) is 15.0 Å². The molecule has 1 N–H and O–H groups in total. The largest absolute Gasteiger partial charge is 0.502 e. The van der Waals surface area contributed by atoms with E-state index in [1.54, 1.807) is 12.1 Å². The first-order valence-corrected chi connectivity index (χ1v) is 10.6. The van der Waals surface area contributed by atoms with Crippen molar-refractivity contribution < 1.29 is 27.9 Å². The molecule has 30 heavy (non-hydrogen) atoms. The molecule has 2 aromatic carbocycles. The standard InChI is InChI=1S/C19H23N3O7S/c1-28-17-11-14(12-18(29-2)19(17)23)13-20-7-9-21(10-8-20)30(26,27)16-5-3-15(4-6-16)22(24)25/h3-6,11-12,23H,7-10,13H2,1-2H3. The molecule has 1 fully saturated rings. The van der Waals surface area contributed by atoms with Crippen LogP contribution in [0.1, 0.15) is 5.56 Å². The number of piperazine rings is 1. The lowest BCUT2D eigenvalue weighted by atomic mass is 10.1. The molecule has 1 heterocycles. The van der Waals surface area contributed by atoms with E-state index < -0.39 is 14.9 Å². The Balaban J connectivity index is 1.66. The van der Waals surface area contributed by atoms with Gasteiger partial charge in [-0.15, -0.1) is 0 Å². The summed E-state index contributed by atoms with van der Waals surface area (Å²) in [4.78, 5) is 12.3.